The quantitative estimate of drug-likeness (QED) is 0.697. The topological polar surface area (TPSA) is 58.6 Å². The van der Waals surface area contributed by atoms with E-state index in [1.165, 1.54) is 0 Å². The Morgan fingerprint density at radius 3 is 2.59 bits per heavy atom. The second-order valence-corrected chi connectivity index (χ2v) is 5.34. The molecule has 17 heavy (non-hydrogen) atoms. The van der Waals surface area contributed by atoms with Gasteiger partial charge in [-0.3, -0.25) is 9.59 Å². The smallest absolute Gasteiger partial charge is 0.251 e. The minimum atomic E-state index is -0.567. The zero-order chi connectivity index (χ0) is 12.6. The van der Waals surface area contributed by atoms with Crippen molar-refractivity contribution < 1.29 is 14.3 Å². The average molecular weight is 261 g/mol. The van der Waals surface area contributed by atoms with E-state index in [0.29, 0.717) is 25.9 Å². The Hall–Kier alpha value is -0.810. The Labute approximate surface area is 105 Å². The van der Waals surface area contributed by atoms with Gasteiger partial charge in [0, 0.05) is 25.9 Å². The molecule has 0 bridgehead atoms. The first-order valence-corrected chi connectivity index (χ1v) is 6.30. The summed E-state index contributed by atoms with van der Waals surface area (Å²) in [6, 6.07) is 0. The molecular formula is C11H17ClN2O3. The molecule has 5 nitrogen and oxygen atoms in total. The van der Waals surface area contributed by atoms with Crippen molar-refractivity contribution in [3.8, 4) is 0 Å². The van der Waals surface area contributed by atoms with Crippen LogP contribution in [0.25, 0.3) is 0 Å². The van der Waals surface area contributed by atoms with Gasteiger partial charge in [0.2, 0.25) is 5.91 Å². The summed E-state index contributed by atoms with van der Waals surface area (Å²) in [7, 11) is 0. The number of carbonyl (C=O) groups is 2. The van der Waals surface area contributed by atoms with Gasteiger partial charge in [0.05, 0.1) is 0 Å². The number of nitrogens with one attached hydrogen (secondary N) is 1. The van der Waals surface area contributed by atoms with Crippen LogP contribution in [0.5, 0.6) is 0 Å². The second kappa shape index (κ2) is 4.46. The molecule has 2 unspecified atom stereocenters. The Bertz CT molecular complexity index is 338. The highest BCUT2D eigenvalue weighted by Crippen LogP contribution is 2.29. The highest BCUT2D eigenvalue weighted by Gasteiger charge is 2.45. The summed E-state index contributed by atoms with van der Waals surface area (Å²) in [6.07, 6.45) is 0.848. The summed E-state index contributed by atoms with van der Waals surface area (Å²) < 4.78 is 5.66. The van der Waals surface area contributed by atoms with Gasteiger partial charge >= 0.3 is 0 Å². The fourth-order valence-electron chi connectivity index (χ4n) is 2.33. The van der Waals surface area contributed by atoms with Crippen LogP contribution in [-0.2, 0) is 14.3 Å². The van der Waals surface area contributed by atoms with Crippen molar-refractivity contribution >= 4 is 23.4 Å². The molecule has 2 saturated heterocycles. The molecule has 0 saturated carbocycles. The molecular weight excluding hydrogens is 244 g/mol. The third-order valence-corrected chi connectivity index (χ3v) is 3.53. The molecule has 0 aromatic carbocycles. The number of rotatable bonds is 1. The summed E-state index contributed by atoms with van der Waals surface area (Å²) in [5.74, 6) is -0.130. The molecule has 2 aliphatic rings. The van der Waals surface area contributed by atoms with Crippen LogP contribution in [0.4, 0.5) is 0 Å². The Balaban J connectivity index is 1.95. The van der Waals surface area contributed by atoms with Crippen LogP contribution in [0.15, 0.2) is 0 Å². The van der Waals surface area contributed by atoms with Crippen LogP contribution >= 0.6 is 11.6 Å². The van der Waals surface area contributed by atoms with E-state index in [-0.39, 0.29) is 11.8 Å². The van der Waals surface area contributed by atoms with Crippen molar-refractivity contribution in [1.82, 2.24) is 10.2 Å². The second-order valence-electron chi connectivity index (χ2n) is 4.68. The van der Waals surface area contributed by atoms with E-state index in [9.17, 15) is 9.59 Å². The van der Waals surface area contributed by atoms with Crippen molar-refractivity contribution in [3.05, 3.63) is 0 Å². The number of amides is 2. The predicted molar refractivity (Wildman–Crippen MR) is 62.5 cm³/mol. The molecule has 0 aromatic rings. The van der Waals surface area contributed by atoms with Gasteiger partial charge in [0.25, 0.3) is 5.91 Å². The third-order valence-electron chi connectivity index (χ3n) is 3.35. The normalized spacial score (nSPS) is 29.2. The van der Waals surface area contributed by atoms with Gasteiger partial charge < -0.3 is 15.0 Å². The Morgan fingerprint density at radius 2 is 2.18 bits per heavy atom. The number of halogens is 1. The molecule has 2 fully saturated rings. The number of likely N-dealkylation sites (tertiary alicyclic amines) is 1. The van der Waals surface area contributed by atoms with E-state index < -0.39 is 17.2 Å². The molecule has 0 aromatic heterocycles. The van der Waals surface area contributed by atoms with E-state index in [1.54, 1.807) is 18.7 Å². The van der Waals surface area contributed by atoms with Gasteiger partial charge in [0.1, 0.15) is 17.2 Å². The third kappa shape index (κ3) is 2.40. The van der Waals surface area contributed by atoms with Crippen molar-refractivity contribution in [3.63, 3.8) is 0 Å². The predicted octanol–water partition coefficient (Wildman–Crippen LogP) is 0.467. The van der Waals surface area contributed by atoms with Crippen molar-refractivity contribution in [2.24, 2.45) is 0 Å². The van der Waals surface area contributed by atoms with Gasteiger partial charge in [-0.25, -0.2) is 0 Å². The number of alkyl halides is 1. The number of nitrogens with zero attached hydrogens (tertiary/aromatic N) is 1. The summed E-state index contributed by atoms with van der Waals surface area (Å²) in [6.45, 7) is 4.55. The molecule has 96 valence electrons. The van der Waals surface area contributed by atoms with Gasteiger partial charge in [-0.15, -0.1) is 11.6 Å². The Morgan fingerprint density at radius 1 is 1.59 bits per heavy atom. The van der Waals surface area contributed by atoms with E-state index in [4.69, 9.17) is 16.3 Å². The standard InChI is InChI=1S/C11H17ClN2O3/c1-7(12)10(16)14-5-3-11(4-6-14)13-9(15)8(2)17-11/h7-8H,3-6H2,1-2H3,(H,13,15). The van der Waals surface area contributed by atoms with Crippen LogP contribution in [-0.4, -0.2) is 47.0 Å². The minimum absolute atomic E-state index is 0.0566. The molecule has 1 N–H and O–H groups in total. The molecule has 2 amide bonds. The maximum absolute atomic E-state index is 11.7. The lowest BCUT2D eigenvalue weighted by atomic mass is 10.0. The number of carbonyl (C=O) groups excluding carboxylic acids is 2. The van der Waals surface area contributed by atoms with Crippen LogP contribution < -0.4 is 5.32 Å². The molecule has 2 heterocycles. The van der Waals surface area contributed by atoms with Crippen LogP contribution in [0.1, 0.15) is 26.7 Å². The van der Waals surface area contributed by atoms with Gasteiger partial charge in [-0.05, 0) is 13.8 Å². The first-order chi connectivity index (χ1) is 7.93. The lowest BCUT2D eigenvalue weighted by Gasteiger charge is -2.38. The van der Waals surface area contributed by atoms with Crippen molar-refractivity contribution in [1.29, 1.82) is 0 Å². The van der Waals surface area contributed by atoms with Crippen LogP contribution in [0.3, 0.4) is 0 Å². The van der Waals surface area contributed by atoms with Crippen LogP contribution in [0, 0.1) is 0 Å². The van der Waals surface area contributed by atoms with E-state index in [2.05, 4.69) is 5.32 Å². The highest BCUT2D eigenvalue weighted by atomic mass is 35.5. The van der Waals surface area contributed by atoms with Crippen molar-refractivity contribution in [2.45, 2.75) is 43.9 Å². The van der Waals surface area contributed by atoms with E-state index in [1.807, 2.05) is 0 Å². The van der Waals surface area contributed by atoms with Gasteiger partial charge in [-0.1, -0.05) is 0 Å². The SMILES string of the molecule is CC(Cl)C(=O)N1CCC2(CC1)NC(=O)C(C)O2. The average Bonchev–Trinajstić information content (AvgIpc) is 2.54. The number of ether oxygens (including phenoxy) is 1. The monoisotopic (exact) mass is 260 g/mol. The number of hydrogen-bond acceptors (Lipinski definition) is 3. The largest absolute Gasteiger partial charge is 0.343 e. The lowest BCUT2D eigenvalue weighted by Crippen LogP contribution is -2.53. The summed E-state index contributed by atoms with van der Waals surface area (Å²) in [5.41, 5.74) is -0.567. The fourth-order valence-corrected chi connectivity index (χ4v) is 2.47. The summed E-state index contributed by atoms with van der Waals surface area (Å²) in [5, 5.41) is 2.38. The number of hydrogen-bond donors (Lipinski definition) is 1. The summed E-state index contributed by atoms with van der Waals surface area (Å²) >= 11 is 5.77. The first-order valence-electron chi connectivity index (χ1n) is 5.86. The maximum Gasteiger partial charge on any atom is 0.251 e. The maximum atomic E-state index is 11.7. The first kappa shape index (κ1) is 12.6. The van der Waals surface area contributed by atoms with E-state index in [0.717, 1.165) is 0 Å². The molecule has 6 heteroatoms. The fraction of sp³-hybridized carbons (Fsp3) is 0.818. The molecule has 1 spiro atoms. The molecule has 0 radical (unpaired) electrons. The molecule has 0 aliphatic carbocycles. The van der Waals surface area contributed by atoms with Crippen LogP contribution in [0.2, 0.25) is 0 Å². The minimum Gasteiger partial charge on any atom is -0.343 e. The van der Waals surface area contributed by atoms with Gasteiger partial charge in [0.15, 0.2) is 0 Å². The molecule has 2 atom stereocenters. The molecule has 2 aliphatic heterocycles. The highest BCUT2D eigenvalue weighted by molar-refractivity contribution is 6.30. The number of piperidine rings is 1. The van der Waals surface area contributed by atoms with Crippen molar-refractivity contribution in [2.75, 3.05) is 13.1 Å². The van der Waals surface area contributed by atoms with Gasteiger partial charge in [-0.2, -0.15) is 0 Å². The zero-order valence-corrected chi connectivity index (χ0v) is 10.8. The Kier molecular flexibility index (Phi) is 3.32. The molecule has 2 rings (SSSR count). The zero-order valence-electron chi connectivity index (χ0n) is 10.0. The lowest BCUT2D eigenvalue weighted by molar-refractivity contribution is -0.138. The van der Waals surface area contributed by atoms with E-state index >= 15 is 0 Å². The summed E-state index contributed by atoms with van der Waals surface area (Å²) in [4.78, 5) is 24.9.